The van der Waals surface area contributed by atoms with Crippen LogP contribution in [0.3, 0.4) is 0 Å². The highest BCUT2D eigenvalue weighted by molar-refractivity contribution is 5.79. The van der Waals surface area contributed by atoms with Crippen molar-refractivity contribution in [2.24, 2.45) is 0 Å². The topological polar surface area (TPSA) is 41.6 Å². The first-order valence-electron chi connectivity index (χ1n) is 9.83. The second kappa shape index (κ2) is 6.76. The molecule has 5 rings (SSSR count). The molecule has 0 aromatic heterocycles. The van der Waals surface area contributed by atoms with Gasteiger partial charge in [0.25, 0.3) is 0 Å². The summed E-state index contributed by atoms with van der Waals surface area (Å²) in [7, 11) is 0. The molecule has 0 radical (unpaired) electrons. The van der Waals surface area contributed by atoms with Crippen molar-refractivity contribution < 1.29 is 9.53 Å². The number of benzene rings is 2. The van der Waals surface area contributed by atoms with Gasteiger partial charge in [-0.2, -0.15) is 0 Å². The van der Waals surface area contributed by atoms with E-state index in [1.54, 1.807) is 0 Å². The highest BCUT2D eigenvalue weighted by Crippen LogP contribution is 2.38. The van der Waals surface area contributed by atoms with E-state index in [9.17, 15) is 4.79 Å². The van der Waals surface area contributed by atoms with E-state index in [1.807, 2.05) is 24.3 Å². The molecule has 3 unspecified atom stereocenters. The van der Waals surface area contributed by atoms with Crippen LogP contribution in [0.5, 0.6) is 5.75 Å². The largest absolute Gasteiger partial charge is 0.493 e. The molecule has 2 aromatic carbocycles. The summed E-state index contributed by atoms with van der Waals surface area (Å²) >= 11 is 0. The molecule has 3 aliphatic heterocycles. The molecule has 2 bridgehead atoms. The fourth-order valence-electron chi connectivity index (χ4n) is 4.71. The summed E-state index contributed by atoms with van der Waals surface area (Å²) in [5.41, 5.74) is 3.87. The maximum atomic E-state index is 12.9. The van der Waals surface area contributed by atoms with Crippen molar-refractivity contribution in [1.29, 1.82) is 0 Å². The summed E-state index contributed by atoms with van der Waals surface area (Å²) in [6.07, 6.45) is 5.39. The summed E-state index contributed by atoms with van der Waals surface area (Å²) in [6, 6.07) is 19.2. The summed E-state index contributed by atoms with van der Waals surface area (Å²) in [5.74, 6) is 1.19. The van der Waals surface area contributed by atoms with E-state index in [0.29, 0.717) is 19.2 Å². The number of fused-ring (bicyclic) bond motifs is 3. The standard InChI is InChI=1S/C23H24N2O2/c26-23(24-14-18-15-27-22-9-5-4-8-21(18)22)25-19-10-11-20(25)13-17(12-19)16-6-2-1-3-7-16/h1-9,12,18-20H,10-11,13-15H2,(H,24,26). The van der Waals surface area contributed by atoms with Gasteiger partial charge in [0.05, 0.1) is 12.6 Å². The number of amides is 2. The molecule has 3 heterocycles. The Morgan fingerprint density at radius 3 is 2.74 bits per heavy atom. The van der Waals surface area contributed by atoms with E-state index >= 15 is 0 Å². The van der Waals surface area contributed by atoms with Crippen molar-refractivity contribution in [3.8, 4) is 5.75 Å². The Bertz CT molecular complexity index is 877. The number of hydrogen-bond acceptors (Lipinski definition) is 2. The van der Waals surface area contributed by atoms with Gasteiger partial charge in [-0.05, 0) is 36.5 Å². The molecule has 1 N–H and O–H groups in total. The van der Waals surface area contributed by atoms with E-state index in [1.165, 1.54) is 16.7 Å². The SMILES string of the molecule is O=C(NCC1COc2ccccc21)N1C2C=C(c3ccccc3)CC1CC2. The Morgan fingerprint density at radius 1 is 1.07 bits per heavy atom. The molecule has 138 valence electrons. The number of urea groups is 1. The number of carbonyl (C=O) groups excluding carboxylic acids is 1. The molecule has 2 amide bonds. The second-order valence-electron chi connectivity index (χ2n) is 7.70. The molecular weight excluding hydrogens is 336 g/mol. The lowest BCUT2D eigenvalue weighted by molar-refractivity contribution is 0.178. The molecule has 3 aliphatic rings. The molecule has 0 spiro atoms. The molecule has 3 atom stereocenters. The van der Waals surface area contributed by atoms with Crippen LogP contribution in [0.2, 0.25) is 0 Å². The van der Waals surface area contributed by atoms with Crippen LogP contribution in [0.4, 0.5) is 4.79 Å². The van der Waals surface area contributed by atoms with Gasteiger partial charge < -0.3 is 15.0 Å². The number of para-hydroxylation sites is 1. The predicted octanol–water partition coefficient (Wildman–Crippen LogP) is 4.19. The number of carbonyl (C=O) groups is 1. The van der Waals surface area contributed by atoms with Gasteiger partial charge in [0.1, 0.15) is 5.75 Å². The van der Waals surface area contributed by atoms with E-state index in [2.05, 4.69) is 46.6 Å². The zero-order valence-corrected chi connectivity index (χ0v) is 15.3. The van der Waals surface area contributed by atoms with Crippen molar-refractivity contribution in [3.05, 3.63) is 71.8 Å². The first-order valence-corrected chi connectivity index (χ1v) is 9.83. The quantitative estimate of drug-likeness (QED) is 0.892. The fraction of sp³-hybridized carbons (Fsp3) is 0.348. The molecule has 4 heteroatoms. The number of ether oxygens (including phenoxy) is 1. The average Bonchev–Trinajstić information content (AvgIpc) is 3.25. The molecule has 2 aromatic rings. The van der Waals surface area contributed by atoms with Gasteiger partial charge in [-0.1, -0.05) is 54.6 Å². The van der Waals surface area contributed by atoms with E-state index in [0.717, 1.165) is 25.0 Å². The average molecular weight is 360 g/mol. The smallest absolute Gasteiger partial charge is 0.318 e. The van der Waals surface area contributed by atoms with Crippen LogP contribution >= 0.6 is 0 Å². The Hall–Kier alpha value is -2.75. The highest BCUT2D eigenvalue weighted by atomic mass is 16.5. The summed E-state index contributed by atoms with van der Waals surface area (Å²) < 4.78 is 5.73. The van der Waals surface area contributed by atoms with Crippen molar-refractivity contribution in [3.63, 3.8) is 0 Å². The van der Waals surface area contributed by atoms with Crippen LogP contribution < -0.4 is 10.1 Å². The summed E-state index contributed by atoms with van der Waals surface area (Å²) in [5, 5.41) is 3.17. The zero-order chi connectivity index (χ0) is 18.2. The molecular formula is C23H24N2O2. The first kappa shape index (κ1) is 16.4. The number of rotatable bonds is 3. The van der Waals surface area contributed by atoms with Gasteiger partial charge >= 0.3 is 6.03 Å². The maximum Gasteiger partial charge on any atom is 0.318 e. The van der Waals surface area contributed by atoms with Crippen LogP contribution in [0.15, 0.2) is 60.7 Å². The lowest BCUT2D eigenvalue weighted by Crippen LogP contribution is -2.49. The minimum atomic E-state index is 0.0650. The third kappa shape index (κ3) is 2.99. The van der Waals surface area contributed by atoms with Crippen molar-refractivity contribution in [1.82, 2.24) is 10.2 Å². The lowest BCUT2D eigenvalue weighted by Gasteiger charge is -2.34. The fourth-order valence-corrected chi connectivity index (χ4v) is 4.71. The monoisotopic (exact) mass is 360 g/mol. The van der Waals surface area contributed by atoms with E-state index < -0.39 is 0 Å². The Labute approximate surface area is 159 Å². The van der Waals surface area contributed by atoms with Crippen LogP contribution in [0.1, 0.15) is 36.3 Å². The summed E-state index contributed by atoms with van der Waals surface area (Å²) in [4.78, 5) is 15.0. The maximum absolute atomic E-state index is 12.9. The van der Waals surface area contributed by atoms with Gasteiger partial charge in [-0.25, -0.2) is 4.79 Å². The van der Waals surface area contributed by atoms with Gasteiger partial charge in [0, 0.05) is 24.1 Å². The Morgan fingerprint density at radius 2 is 1.89 bits per heavy atom. The van der Waals surface area contributed by atoms with Crippen LogP contribution in [-0.4, -0.2) is 36.2 Å². The van der Waals surface area contributed by atoms with Crippen LogP contribution in [-0.2, 0) is 0 Å². The highest BCUT2D eigenvalue weighted by Gasteiger charge is 2.40. The van der Waals surface area contributed by atoms with Gasteiger partial charge in [-0.3, -0.25) is 0 Å². The molecule has 1 fully saturated rings. The van der Waals surface area contributed by atoms with Crippen molar-refractivity contribution in [2.45, 2.75) is 37.3 Å². The third-order valence-electron chi connectivity index (χ3n) is 6.07. The predicted molar refractivity (Wildman–Crippen MR) is 106 cm³/mol. The second-order valence-corrected chi connectivity index (χ2v) is 7.70. The van der Waals surface area contributed by atoms with E-state index in [-0.39, 0.29) is 18.0 Å². The Kier molecular flexibility index (Phi) is 4.12. The minimum absolute atomic E-state index is 0.0650. The van der Waals surface area contributed by atoms with Crippen LogP contribution in [0.25, 0.3) is 5.57 Å². The summed E-state index contributed by atoms with van der Waals surface area (Å²) in [6.45, 7) is 1.27. The molecule has 4 nitrogen and oxygen atoms in total. The number of nitrogens with zero attached hydrogens (tertiary/aromatic N) is 1. The van der Waals surface area contributed by atoms with Gasteiger partial charge in [-0.15, -0.1) is 0 Å². The zero-order valence-electron chi connectivity index (χ0n) is 15.3. The van der Waals surface area contributed by atoms with E-state index in [4.69, 9.17) is 4.74 Å². The normalized spacial score (nSPS) is 25.6. The number of nitrogens with one attached hydrogen (secondary N) is 1. The third-order valence-corrected chi connectivity index (χ3v) is 6.07. The molecule has 0 aliphatic carbocycles. The van der Waals surface area contributed by atoms with Gasteiger partial charge in [0.2, 0.25) is 0 Å². The van der Waals surface area contributed by atoms with Crippen molar-refractivity contribution >= 4 is 11.6 Å². The Balaban J connectivity index is 1.26. The first-order chi connectivity index (χ1) is 13.3. The molecule has 27 heavy (non-hydrogen) atoms. The lowest BCUT2D eigenvalue weighted by atomic mass is 9.95. The molecule has 0 saturated carbocycles. The number of hydrogen-bond donors (Lipinski definition) is 1. The van der Waals surface area contributed by atoms with Crippen molar-refractivity contribution in [2.75, 3.05) is 13.2 Å². The van der Waals surface area contributed by atoms with Crippen LogP contribution in [0, 0.1) is 0 Å². The molecule has 1 saturated heterocycles. The minimum Gasteiger partial charge on any atom is -0.493 e. The van der Waals surface area contributed by atoms with Gasteiger partial charge in [0.15, 0.2) is 0 Å².